The number of halogens is 1. The van der Waals surface area contributed by atoms with Crippen LogP contribution in [0, 0.1) is 8.98 Å². The predicted molar refractivity (Wildman–Crippen MR) is 54.8 cm³/mol. The summed E-state index contributed by atoms with van der Waals surface area (Å²) in [4.78, 5) is 0. The third-order valence-corrected chi connectivity index (χ3v) is 1.95. The third kappa shape index (κ3) is 2.88. The first-order valence-corrected chi connectivity index (χ1v) is 4.33. The lowest BCUT2D eigenvalue weighted by Crippen LogP contribution is -2.12. The van der Waals surface area contributed by atoms with E-state index in [0.29, 0.717) is 6.42 Å². The molecule has 11 heavy (non-hydrogen) atoms. The number of benzene rings is 1. The standard InChI is InChI=1S/C8H9IN2/c9-7-3-1-2-6(4-7)5-8(10)11/h1-4H,5H2,(H3,10,11). The predicted octanol–water partition coefficient (Wildman–Crippen LogP) is 1.77. The highest BCUT2D eigenvalue weighted by Gasteiger charge is 1.94. The fourth-order valence-corrected chi connectivity index (χ4v) is 1.47. The van der Waals surface area contributed by atoms with E-state index in [4.69, 9.17) is 11.1 Å². The minimum Gasteiger partial charge on any atom is -0.387 e. The van der Waals surface area contributed by atoms with E-state index in [1.165, 1.54) is 3.57 Å². The van der Waals surface area contributed by atoms with Crippen LogP contribution in [0.2, 0.25) is 0 Å². The Morgan fingerprint density at radius 1 is 1.55 bits per heavy atom. The normalized spacial score (nSPS) is 9.55. The Kier molecular flexibility index (Phi) is 2.87. The van der Waals surface area contributed by atoms with Crippen LogP contribution in [0.1, 0.15) is 5.56 Å². The van der Waals surface area contributed by atoms with E-state index in [9.17, 15) is 0 Å². The Bertz CT molecular complexity index is 271. The summed E-state index contributed by atoms with van der Waals surface area (Å²) in [5.74, 6) is 0.215. The van der Waals surface area contributed by atoms with Crippen molar-refractivity contribution in [2.75, 3.05) is 0 Å². The van der Waals surface area contributed by atoms with Gasteiger partial charge in [-0.3, -0.25) is 5.41 Å². The second-order valence-corrected chi connectivity index (χ2v) is 3.58. The Labute approximate surface area is 79.4 Å². The second-order valence-electron chi connectivity index (χ2n) is 2.33. The molecule has 0 unspecified atom stereocenters. The second kappa shape index (κ2) is 3.71. The Morgan fingerprint density at radius 2 is 2.27 bits per heavy atom. The van der Waals surface area contributed by atoms with Crippen molar-refractivity contribution < 1.29 is 0 Å². The maximum Gasteiger partial charge on any atom is 0.0950 e. The van der Waals surface area contributed by atoms with Crippen LogP contribution in [0.5, 0.6) is 0 Å². The van der Waals surface area contributed by atoms with Crippen LogP contribution in [-0.4, -0.2) is 5.84 Å². The van der Waals surface area contributed by atoms with Crippen molar-refractivity contribution >= 4 is 28.4 Å². The van der Waals surface area contributed by atoms with Gasteiger partial charge in [0.1, 0.15) is 0 Å². The van der Waals surface area contributed by atoms with Gasteiger partial charge in [0, 0.05) is 9.99 Å². The number of hydrogen-bond donors (Lipinski definition) is 2. The van der Waals surface area contributed by atoms with E-state index >= 15 is 0 Å². The summed E-state index contributed by atoms with van der Waals surface area (Å²) in [7, 11) is 0. The molecule has 0 bridgehead atoms. The Hall–Kier alpha value is -0.580. The number of rotatable bonds is 2. The fraction of sp³-hybridized carbons (Fsp3) is 0.125. The topological polar surface area (TPSA) is 49.9 Å². The number of hydrogen-bond acceptors (Lipinski definition) is 1. The molecule has 1 aromatic rings. The van der Waals surface area contributed by atoms with Gasteiger partial charge < -0.3 is 5.73 Å². The first kappa shape index (κ1) is 8.52. The van der Waals surface area contributed by atoms with Gasteiger partial charge in [0.2, 0.25) is 0 Å². The van der Waals surface area contributed by atoms with Crippen molar-refractivity contribution in [3.8, 4) is 0 Å². The van der Waals surface area contributed by atoms with E-state index in [0.717, 1.165) is 5.56 Å². The fourth-order valence-electron chi connectivity index (χ4n) is 0.867. The molecule has 0 amide bonds. The molecule has 0 saturated heterocycles. The van der Waals surface area contributed by atoms with Gasteiger partial charge in [0.05, 0.1) is 5.84 Å². The summed E-state index contributed by atoms with van der Waals surface area (Å²) in [5, 5.41) is 7.08. The minimum absolute atomic E-state index is 0.215. The molecule has 3 N–H and O–H groups in total. The van der Waals surface area contributed by atoms with Crippen molar-refractivity contribution in [1.29, 1.82) is 5.41 Å². The van der Waals surface area contributed by atoms with E-state index in [-0.39, 0.29) is 5.84 Å². The van der Waals surface area contributed by atoms with E-state index in [1.54, 1.807) is 0 Å². The average Bonchev–Trinajstić information content (AvgIpc) is 1.85. The molecule has 0 atom stereocenters. The molecule has 1 aromatic carbocycles. The first-order chi connectivity index (χ1) is 5.18. The van der Waals surface area contributed by atoms with Crippen LogP contribution >= 0.6 is 22.6 Å². The van der Waals surface area contributed by atoms with E-state index in [2.05, 4.69) is 22.6 Å². The molecule has 58 valence electrons. The van der Waals surface area contributed by atoms with Gasteiger partial charge in [0.25, 0.3) is 0 Å². The quantitative estimate of drug-likeness (QED) is 0.475. The third-order valence-electron chi connectivity index (χ3n) is 1.28. The van der Waals surface area contributed by atoms with Crippen molar-refractivity contribution in [1.82, 2.24) is 0 Å². The van der Waals surface area contributed by atoms with Gasteiger partial charge in [-0.2, -0.15) is 0 Å². The zero-order valence-corrected chi connectivity index (χ0v) is 8.13. The molecule has 0 radical (unpaired) electrons. The van der Waals surface area contributed by atoms with Gasteiger partial charge in [-0.15, -0.1) is 0 Å². The average molecular weight is 260 g/mol. The van der Waals surface area contributed by atoms with Gasteiger partial charge >= 0.3 is 0 Å². The lowest BCUT2D eigenvalue weighted by molar-refractivity contribution is 1.24. The van der Waals surface area contributed by atoms with Crippen molar-refractivity contribution in [3.05, 3.63) is 33.4 Å². The molecule has 0 aliphatic carbocycles. The van der Waals surface area contributed by atoms with Gasteiger partial charge in [-0.1, -0.05) is 12.1 Å². The summed E-state index contributed by atoms with van der Waals surface area (Å²) < 4.78 is 1.18. The van der Waals surface area contributed by atoms with Crippen LogP contribution in [0.25, 0.3) is 0 Å². The molecular weight excluding hydrogens is 251 g/mol. The molecule has 2 nitrogen and oxygen atoms in total. The van der Waals surface area contributed by atoms with Crippen molar-refractivity contribution in [3.63, 3.8) is 0 Å². The summed E-state index contributed by atoms with van der Waals surface area (Å²) in [6, 6.07) is 8.00. The van der Waals surface area contributed by atoms with E-state index in [1.807, 2.05) is 24.3 Å². The lowest BCUT2D eigenvalue weighted by Gasteiger charge is -1.98. The van der Waals surface area contributed by atoms with E-state index < -0.39 is 0 Å². The molecular formula is C8H9IN2. The molecule has 0 aromatic heterocycles. The summed E-state index contributed by atoms with van der Waals surface area (Å²) >= 11 is 2.24. The molecule has 0 spiro atoms. The van der Waals surface area contributed by atoms with Gasteiger partial charge in [-0.25, -0.2) is 0 Å². The molecule has 0 fully saturated rings. The van der Waals surface area contributed by atoms with Crippen LogP contribution in [0.3, 0.4) is 0 Å². The Morgan fingerprint density at radius 3 is 2.82 bits per heavy atom. The molecule has 1 rings (SSSR count). The molecule has 0 aliphatic rings. The number of nitrogens with two attached hydrogens (primary N) is 1. The smallest absolute Gasteiger partial charge is 0.0950 e. The summed E-state index contributed by atoms with van der Waals surface area (Å²) in [6.07, 6.45) is 0.552. The van der Waals surface area contributed by atoms with Crippen molar-refractivity contribution in [2.45, 2.75) is 6.42 Å². The largest absolute Gasteiger partial charge is 0.387 e. The Balaban J connectivity index is 2.79. The van der Waals surface area contributed by atoms with Crippen LogP contribution in [-0.2, 0) is 6.42 Å². The zero-order valence-electron chi connectivity index (χ0n) is 5.97. The summed E-state index contributed by atoms with van der Waals surface area (Å²) in [6.45, 7) is 0. The molecule has 3 heteroatoms. The van der Waals surface area contributed by atoms with Crippen molar-refractivity contribution in [2.24, 2.45) is 5.73 Å². The summed E-state index contributed by atoms with van der Waals surface area (Å²) in [5.41, 5.74) is 6.36. The highest BCUT2D eigenvalue weighted by atomic mass is 127. The highest BCUT2D eigenvalue weighted by molar-refractivity contribution is 14.1. The van der Waals surface area contributed by atoms with Crippen LogP contribution < -0.4 is 5.73 Å². The van der Waals surface area contributed by atoms with Crippen LogP contribution in [0.4, 0.5) is 0 Å². The van der Waals surface area contributed by atoms with Gasteiger partial charge in [0.15, 0.2) is 0 Å². The molecule has 0 saturated carbocycles. The maximum atomic E-state index is 7.08. The number of amidine groups is 1. The molecule has 0 aliphatic heterocycles. The highest BCUT2D eigenvalue weighted by Crippen LogP contribution is 2.07. The number of nitrogens with one attached hydrogen (secondary N) is 1. The van der Waals surface area contributed by atoms with Crippen LogP contribution in [0.15, 0.2) is 24.3 Å². The SMILES string of the molecule is N=C(N)Cc1cccc(I)c1. The van der Waals surface area contributed by atoms with Gasteiger partial charge in [-0.05, 0) is 40.3 Å². The molecule has 0 heterocycles. The zero-order chi connectivity index (χ0) is 8.27. The minimum atomic E-state index is 0.215. The first-order valence-electron chi connectivity index (χ1n) is 3.26. The monoisotopic (exact) mass is 260 g/mol. The maximum absolute atomic E-state index is 7.08. The lowest BCUT2D eigenvalue weighted by atomic mass is 10.1.